The third-order valence-corrected chi connectivity index (χ3v) is 3.52. The van der Waals surface area contributed by atoms with Gasteiger partial charge in [0.15, 0.2) is 0 Å². The quantitative estimate of drug-likeness (QED) is 0.779. The van der Waals surface area contributed by atoms with Crippen LogP contribution in [0.1, 0.15) is 0 Å². The Hall–Kier alpha value is -3.08. The number of nitrogens with one attached hydrogen (secondary N) is 3. The lowest BCUT2D eigenvalue weighted by atomic mass is 10.2. The van der Waals surface area contributed by atoms with Crippen molar-refractivity contribution < 1.29 is 9.78 Å². The second-order valence-electron chi connectivity index (χ2n) is 5.45. The number of amides is 2. The normalized spacial score (nSPS) is 10.3. The topological polar surface area (TPSA) is 58.5 Å². The number of benzene rings is 2. The van der Waals surface area contributed by atoms with Gasteiger partial charge in [0, 0.05) is 11.1 Å². The number of nitrogens with zero attached hydrogens (tertiary/aromatic N) is 1. The summed E-state index contributed by atoms with van der Waals surface area (Å²) in [5, 5.41) is 6.72. The van der Waals surface area contributed by atoms with Gasteiger partial charge in [0.05, 0.1) is 25.8 Å². The van der Waals surface area contributed by atoms with Crippen molar-refractivity contribution in [2.24, 2.45) is 0 Å². The molecule has 2 amide bonds. The molecule has 1 aromatic heterocycles. The fourth-order valence-corrected chi connectivity index (χ4v) is 2.37. The summed E-state index contributed by atoms with van der Waals surface area (Å²) in [4.78, 5) is 17.6. The number of carbonyl (C=O) groups excluding carboxylic acids is 1. The Kier molecular flexibility index (Phi) is 4.10. The minimum absolute atomic E-state index is 0.266. The van der Waals surface area contributed by atoms with Crippen molar-refractivity contribution in [2.75, 3.05) is 29.6 Å². The summed E-state index contributed by atoms with van der Waals surface area (Å²) >= 11 is 0. The summed E-state index contributed by atoms with van der Waals surface area (Å²) in [6, 6.07) is 18.9. The molecule has 0 radical (unpaired) electrons. The molecule has 23 heavy (non-hydrogen) atoms. The van der Waals surface area contributed by atoms with Crippen LogP contribution in [0.2, 0.25) is 0 Å². The van der Waals surface area contributed by atoms with Crippen molar-refractivity contribution >= 4 is 34.1 Å². The molecule has 3 rings (SSSR count). The number of urea groups is 1. The van der Waals surface area contributed by atoms with E-state index < -0.39 is 0 Å². The van der Waals surface area contributed by atoms with Crippen LogP contribution in [0, 0.1) is 0 Å². The number of carbonyl (C=O) groups is 1. The Morgan fingerprint density at radius 3 is 2.39 bits per heavy atom. The molecule has 3 N–H and O–H groups in total. The molecule has 0 atom stereocenters. The van der Waals surface area contributed by atoms with Crippen LogP contribution in [0.4, 0.5) is 22.0 Å². The maximum Gasteiger partial charge on any atom is 0.323 e. The molecular formula is C18H19N4O+. The van der Waals surface area contributed by atoms with Gasteiger partial charge in [-0.25, -0.2) is 9.78 Å². The Balaban J connectivity index is 1.90. The molecule has 0 spiro atoms. The van der Waals surface area contributed by atoms with Crippen LogP contribution >= 0.6 is 0 Å². The van der Waals surface area contributed by atoms with Gasteiger partial charge in [0.1, 0.15) is 5.52 Å². The number of pyridine rings is 1. The van der Waals surface area contributed by atoms with E-state index in [1.54, 1.807) is 0 Å². The van der Waals surface area contributed by atoms with Crippen molar-refractivity contribution in [3.63, 3.8) is 0 Å². The number of para-hydroxylation sites is 2. The van der Waals surface area contributed by atoms with Crippen LogP contribution < -0.4 is 20.5 Å². The molecule has 3 aromatic rings. The predicted octanol–water partition coefficient (Wildman–Crippen LogP) is 3.36. The first kappa shape index (κ1) is 14.8. The van der Waals surface area contributed by atoms with Gasteiger partial charge in [-0.1, -0.05) is 30.3 Å². The van der Waals surface area contributed by atoms with Gasteiger partial charge < -0.3 is 10.6 Å². The lowest BCUT2D eigenvalue weighted by Crippen LogP contribution is -2.24. The van der Waals surface area contributed by atoms with Gasteiger partial charge in [-0.05, 0) is 24.3 Å². The molecule has 2 aromatic carbocycles. The van der Waals surface area contributed by atoms with Crippen LogP contribution in [-0.4, -0.2) is 20.1 Å². The zero-order valence-electron chi connectivity index (χ0n) is 13.1. The largest absolute Gasteiger partial charge is 0.323 e. The molecule has 5 nitrogen and oxygen atoms in total. The van der Waals surface area contributed by atoms with Crippen LogP contribution in [0.25, 0.3) is 10.9 Å². The number of rotatable bonds is 3. The fraction of sp³-hybridized carbons (Fsp3) is 0.111. The van der Waals surface area contributed by atoms with Gasteiger partial charge in [0.25, 0.3) is 5.82 Å². The molecule has 0 bridgehead atoms. The van der Waals surface area contributed by atoms with Crippen LogP contribution in [0.15, 0.2) is 60.7 Å². The average molecular weight is 307 g/mol. The van der Waals surface area contributed by atoms with Gasteiger partial charge in [-0.3, -0.25) is 4.90 Å². The van der Waals surface area contributed by atoms with E-state index in [2.05, 4.69) is 15.6 Å². The molecule has 0 fully saturated rings. The minimum Gasteiger partial charge on any atom is -0.308 e. The highest BCUT2D eigenvalue weighted by Crippen LogP contribution is 2.23. The molecule has 0 aliphatic rings. The number of fused-ring (bicyclic) bond motifs is 1. The Bertz CT molecular complexity index is 831. The summed E-state index contributed by atoms with van der Waals surface area (Å²) in [5.41, 5.74) is 2.48. The van der Waals surface area contributed by atoms with Crippen molar-refractivity contribution in [1.82, 2.24) is 0 Å². The second kappa shape index (κ2) is 6.36. The van der Waals surface area contributed by atoms with Crippen molar-refractivity contribution in [1.29, 1.82) is 0 Å². The molecule has 0 aliphatic heterocycles. The average Bonchev–Trinajstić information content (AvgIpc) is 2.55. The molecule has 1 heterocycles. The van der Waals surface area contributed by atoms with E-state index in [1.807, 2.05) is 79.7 Å². The zero-order valence-corrected chi connectivity index (χ0v) is 13.1. The fourth-order valence-electron chi connectivity index (χ4n) is 2.37. The van der Waals surface area contributed by atoms with Crippen LogP contribution in [-0.2, 0) is 0 Å². The highest BCUT2D eigenvalue weighted by Gasteiger charge is 2.13. The van der Waals surface area contributed by atoms with Gasteiger partial charge in [-0.2, -0.15) is 0 Å². The number of anilines is 3. The van der Waals surface area contributed by atoms with E-state index in [0.717, 1.165) is 28.1 Å². The molecule has 0 saturated carbocycles. The van der Waals surface area contributed by atoms with E-state index in [1.165, 1.54) is 0 Å². The highest BCUT2D eigenvalue weighted by atomic mass is 16.2. The summed E-state index contributed by atoms with van der Waals surface area (Å²) in [7, 11) is 3.91. The van der Waals surface area contributed by atoms with E-state index in [0.29, 0.717) is 0 Å². The summed E-state index contributed by atoms with van der Waals surface area (Å²) in [6.07, 6.45) is 0. The minimum atomic E-state index is -0.266. The second-order valence-corrected chi connectivity index (χ2v) is 5.45. The van der Waals surface area contributed by atoms with Crippen molar-refractivity contribution in [3.05, 3.63) is 60.7 Å². The zero-order chi connectivity index (χ0) is 16.2. The molecule has 5 heteroatoms. The molecule has 0 unspecified atom stereocenters. The molecule has 116 valence electrons. The Morgan fingerprint density at radius 2 is 1.65 bits per heavy atom. The van der Waals surface area contributed by atoms with Crippen molar-refractivity contribution in [3.8, 4) is 0 Å². The first-order chi connectivity index (χ1) is 11.1. The van der Waals surface area contributed by atoms with Crippen molar-refractivity contribution in [2.45, 2.75) is 0 Å². The smallest absolute Gasteiger partial charge is 0.308 e. The monoisotopic (exact) mass is 307 g/mol. The number of aromatic amines is 1. The first-order valence-corrected chi connectivity index (χ1v) is 7.39. The Morgan fingerprint density at radius 1 is 0.957 bits per heavy atom. The SMILES string of the molecule is CN(C)c1cc(NC(=O)Nc2ccccc2)c2ccccc2[nH+]1. The van der Waals surface area contributed by atoms with Crippen LogP contribution in [0.5, 0.6) is 0 Å². The van der Waals surface area contributed by atoms with E-state index in [9.17, 15) is 4.79 Å². The number of hydrogen-bond acceptors (Lipinski definition) is 2. The first-order valence-electron chi connectivity index (χ1n) is 7.39. The highest BCUT2D eigenvalue weighted by molar-refractivity contribution is 6.05. The Labute approximate surface area is 135 Å². The van der Waals surface area contributed by atoms with Gasteiger partial charge in [0.2, 0.25) is 0 Å². The van der Waals surface area contributed by atoms with Crippen LogP contribution in [0.3, 0.4) is 0 Å². The lowest BCUT2D eigenvalue weighted by molar-refractivity contribution is -0.329. The molecule has 0 aliphatic carbocycles. The van der Waals surface area contributed by atoms with Gasteiger partial charge in [-0.15, -0.1) is 0 Å². The maximum atomic E-state index is 12.3. The predicted molar refractivity (Wildman–Crippen MR) is 93.9 cm³/mol. The van der Waals surface area contributed by atoms with Gasteiger partial charge >= 0.3 is 6.03 Å². The van der Waals surface area contributed by atoms with E-state index >= 15 is 0 Å². The maximum absolute atomic E-state index is 12.3. The molecule has 0 saturated heterocycles. The van der Waals surface area contributed by atoms with E-state index in [-0.39, 0.29) is 6.03 Å². The summed E-state index contributed by atoms with van der Waals surface area (Å²) < 4.78 is 0. The standard InChI is InChI=1S/C18H18N4O/c1-22(2)17-12-16(14-10-6-7-11-15(14)20-17)21-18(23)19-13-8-4-3-5-9-13/h3-12H,1-2H3,(H2,19,20,21,23)/p+1. The lowest BCUT2D eigenvalue weighted by Gasteiger charge is -2.12. The summed E-state index contributed by atoms with van der Waals surface area (Å²) in [5.74, 6) is 0.915. The van der Waals surface area contributed by atoms with E-state index in [4.69, 9.17) is 0 Å². The number of H-pyrrole nitrogens is 1. The number of aromatic nitrogens is 1. The molecular weight excluding hydrogens is 288 g/mol. The third kappa shape index (κ3) is 3.40. The summed E-state index contributed by atoms with van der Waals surface area (Å²) in [6.45, 7) is 0. The number of hydrogen-bond donors (Lipinski definition) is 2. The third-order valence-electron chi connectivity index (χ3n) is 3.52.